The van der Waals surface area contributed by atoms with Gasteiger partial charge in [0, 0.05) is 18.7 Å². The zero-order valence-corrected chi connectivity index (χ0v) is 19.2. The third-order valence-corrected chi connectivity index (χ3v) is 6.93. The lowest BCUT2D eigenvalue weighted by Gasteiger charge is -2.19. The topological polar surface area (TPSA) is 84.0 Å². The summed E-state index contributed by atoms with van der Waals surface area (Å²) in [5.74, 6) is -1.79. The van der Waals surface area contributed by atoms with E-state index in [-0.39, 0.29) is 42.5 Å². The van der Waals surface area contributed by atoms with E-state index in [0.717, 1.165) is 16.8 Å². The van der Waals surface area contributed by atoms with Crippen molar-refractivity contribution in [3.63, 3.8) is 0 Å². The summed E-state index contributed by atoms with van der Waals surface area (Å²) in [7, 11) is 0. The summed E-state index contributed by atoms with van der Waals surface area (Å²) >= 11 is 0. The molecule has 0 aromatic heterocycles. The minimum absolute atomic E-state index is 0.0951. The number of aryl methyl sites for hydroxylation is 2. The molecule has 3 amide bonds. The molecule has 2 aromatic carbocycles. The third-order valence-electron chi connectivity index (χ3n) is 6.93. The van der Waals surface area contributed by atoms with Crippen LogP contribution in [0.2, 0.25) is 0 Å². The van der Waals surface area contributed by atoms with Crippen LogP contribution in [0.5, 0.6) is 5.75 Å². The van der Waals surface area contributed by atoms with Gasteiger partial charge in [-0.15, -0.1) is 0 Å². The van der Waals surface area contributed by atoms with Crippen molar-refractivity contribution in [2.75, 3.05) is 16.3 Å². The maximum absolute atomic E-state index is 12.8. The van der Waals surface area contributed by atoms with Gasteiger partial charge in [-0.3, -0.25) is 24.1 Å². The Morgan fingerprint density at radius 3 is 2.21 bits per heavy atom. The molecule has 0 bridgehead atoms. The Labute approximate surface area is 198 Å². The fourth-order valence-corrected chi connectivity index (χ4v) is 5.03. The average molecular weight is 459 g/mol. The van der Waals surface area contributed by atoms with Crippen LogP contribution in [0.25, 0.3) is 0 Å². The summed E-state index contributed by atoms with van der Waals surface area (Å²) in [6.45, 7) is 4.18. The lowest BCUT2D eigenvalue weighted by atomic mass is 9.85. The molecule has 0 spiro atoms. The first-order valence-electron chi connectivity index (χ1n) is 11.6. The standard InChI is InChI=1S/C27H26N2O5/c1-16-7-8-17(2)23(13-16)28-15-18(14-24(28)30)27(33)34-20-11-9-19(10-12-20)29-25(31)21-5-3-4-6-22(21)26(29)32/h3-4,7-13,18,21-22H,5-6,14-15H2,1-2H3/t18-,21-,22+/m0/s1. The number of imide groups is 1. The molecule has 0 saturated carbocycles. The van der Waals surface area contributed by atoms with Gasteiger partial charge in [-0.1, -0.05) is 24.3 Å². The number of carbonyl (C=O) groups excluding carboxylic acids is 4. The largest absolute Gasteiger partial charge is 0.426 e. The highest BCUT2D eigenvalue weighted by atomic mass is 16.5. The first-order chi connectivity index (χ1) is 16.3. The number of rotatable bonds is 4. The van der Waals surface area contributed by atoms with E-state index in [1.807, 2.05) is 44.2 Å². The quantitative estimate of drug-likeness (QED) is 0.302. The molecule has 0 radical (unpaired) electrons. The van der Waals surface area contributed by atoms with Gasteiger partial charge in [-0.25, -0.2) is 0 Å². The second-order valence-electron chi connectivity index (χ2n) is 9.28. The smallest absolute Gasteiger partial charge is 0.316 e. The summed E-state index contributed by atoms with van der Waals surface area (Å²) in [5.41, 5.74) is 3.32. The van der Waals surface area contributed by atoms with Crippen molar-refractivity contribution in [2.24, 2.45) is 17.8 Å². The highest BCUT2D eigenvalue weighted by Crippen LogP contribution is 2.38. The van der Waals surface area contributed by atoms with Crippen LogP contribution in [-0.2, 0) is 19.2 Å². The SMILES string of the molecule is Cc1ccc(C)c(N2C[C@@H](C(=O)Oc3ccc(N4C(=O)[C@H]5CC=CC[C@H]5C4=O)cc3)CC2=O)c1. The summed E-state index contributed by atoms with van der Waals surface area (Å²) in [4.78, 5) is 53.8. The molecule has 2 heterocycles. The average Bonchev–Trinajstić information content (AvgIpc) is 3.34. The normalized spacial score (nSPS) is 24.1. The number of allylic oxidation sites excluding steroid dienone is 2. The predicted molar refractivity (Wildman–Crippen MR) is 126 cm³/mol. The minimum Gasteiger partial charge on any atom is -0.426 e. The summed E-state index contributed by atoms with van der Waals surface area (Å²) in [5, 5.41) is 0. The second-order valence-corrected chi connectivity index (χ2v) is 9.28. The van der Waals surface area contributed by atoms with E-state index in [0.29, 0.717) is 24.3 Å². The van der Waals surface area contributed by atoms with Crippen LogP contribution in [0.4, 0.5) is 11.4 Å². The van der Waals surface area contributed by atoms with Gasteiger partial charge in [0.05, 0.1) is 23.4 Å². The summed E-state index contributed by atoms with van der Waals surface area (Å²) in [6, 6.07) is 12.3. The van der Waals surface area contributed by atoms with Gasteiger partial charge >= 0.3 is 5.97 Å². The highest BCUT2D eigenvalue weighted by Gasteiger charge is 2.47. The van der Waals surface area contributed by atoms with Gasteiger partial charge in [-0.2, -0.15) is 0 Å². The monoisotopic (exact) mass is 458 g/mol. The minimum atomic E-state index is -0.565. The number of hydrogen-bond donors (Lipinski definition) is 0. The highest BCUT2D eigenvalue weighted by molar-refractivity contribution is 6.22. The number of anilines is 2. The molecule has 2 fully saturated rings. The molecule has 3 aliphatic rings. The van der Waals surface area contributed by atoms with Gasteiger partial charge in [0.2, 0.25) is 17.7 Å². The van der Waals surface area contributed by atoms with Crippen molar-refractivity contribution in [3.8, 4) is 5.75 Å². The van der Waals surface area contributed by atoms with E-state index in [4.69, 9.17) is 4.74 Å². The zero-order chi connectivity index (χ0) is 24.0. The Kier molecular flexibility index (Phi) is 5.55. The van der Waals surface area contributed by atoms with Crippen LogP contribution < -0.4 is 14.5 Å². The molecule has 0 N–H and O–H groups in total. The van der Waals surface area contributed by atoms with Crippen molar-refractivity contribution in [3.05, 3.63) is 65.7 Å². The Morgan fingerprint density at radius 2 is 1.56 bits per heavy atom. The molecular formula is C27H26N2O5. The molecule has 2 aliphatic heterocycles. The predicted octanol–water partition coefficient (Wildman–Crippen LogP) is 3.72. The first kappa shape index (κ1) is 22.1. The molecule has 2 saturated heterocycles. The molecule has 0 unspecified atom stereocenters. The zero-order valence-electron chi connectivity index (χ0n) is 19.2. The number of esters is 1. The fourth-order valence-electron chi connectivity index (χ4n) is 5.03. The molecule has 1 aliphatic carbocycles. The van der Waals surface area contributed by atoms with Crippen LogP contribution >= 0.6 is 0 Å². The van der Waals surface area contributed by atoms with E-state index in [1.54, 1.807) is 29.2 Å². The second kappa shape index (κ2) is 8.56. The van der Waals surface area contributed by atoms with Crippen LogP contribution in [0, 0.1) is 31.6 Å². The summed E-state index contributed by atoms with van der Waals surface area (Å²) in [6.07, 6.45) is 5.17. The van der Waals surface area contributed by atoms with Crippen molar-refractivity contribution >= 4 is 35.1 Å². The maximum atomic E-state index is 12.8. The van der Waals surface area contributed by atoms with Crippen molar-refractivity contribution in [2.45, 2.75) is 33.1 Å². The van der Waals surface area contributed by atoms with E-state index in [1.165, 1.54) is 4.90 Å². The van der Waals surface area contributed by atoms with E-state index in [9.17, 15) is 19.2 Å². The van der Waals surface area contributed by atoms with E-state index >= 15 is 0 Å². The number of carbonyl (C=O) groups is 4. The van der Waals surface area contributed by atoms with Gasteiger partial charge in [0.15, 0.2) is 0 Å². The maximum Gasteiger partial charge on any atom is 0.316 e. The summed E-state index contributed by atoms with van der Waals surface area (Å²) < 4.78 is 5.53. The molecular weight excluding hydrogens is 432 g/mol. The van der Waals surface area contributed by atoms with Crippen molar-refractivity contribution in [1.82, 2.24) is 0 Å². The van der Waals surface area contributed by atoms with Crippen molar-refractivity contribution < 1.29 is 23.9 Å². The van der Waals surface area contributed by atoms with E-state index < -0.39 is 11.9 Å². The lowest BCUT2D eigenvalue weighted by Crippen LogP contribution is -2.30. The van der Waals surface area contributed by atoms with Gasteiger partial charge in [0.25, 0.3) is 0 Å². The molecule has 174 valence electrons. The number of amides is 3. The Bertz CT molecular complexity index is 1190. The molecule has 7 nitrogen and oxygen atoms in total. The number of benzene rings is 2. The van der Waals surface area contributed by atoms with Gasteiger partial charge in [0.1, 0.15) is 5.75 Å². The van der Waals surface area contributed by atoms with Crippen LogP contribution in [0.1, 0.15) is 30.4 Å². The van der Waals surface area contributed by atoms with Crippen LogP contribution in [0.15, 0.2) is 54.6 Å². The molecule has 34 heavy (non-hydrogen) atoms. The molecule has 7 heteroatoms. The number of fused-ring (bicyclic) bond motifs is 1. The Hall–Kier alpha value is -3.74. The molecule has 5 rings (SSSR count). The van der Waals surface area contributed by atoms with Crippen LogP contribution in [-0.4, -0.2) is 30.2 Å². The molecule has 3 atom stereocenters. The van der Waals surface area contributed by atoms with E-state index in [2.05, 4.69) is 0 Å². The van der Waals surface area contributed by atoms with Gasteiger partial charge < -0.3 is 9.64 Å². The third kappa shape index (κ3) is 3.81. The number of nitrogens with zero attached hydrogens (tertiary/aromatic N) is 2. The first-order valence-corrected chi connectivity index (χ1v) is 11.6. The van der Waals surface area contributed by atoms with Gasteiger partial charge in [-0.05, 0) is 68.1 Å². The molecule has 2 aromatic rings. The lowest BCUT2D eigenvalue weighted by molar-refractivity contribution is -0.139. The van der Waals surface area contributed by atoms with Crippen LogP contribution in [0.3, 0.4) is 0 Å². The Morgan fingerprint density at radius 1 is 0.912 bits per heavy atom. The fraction of sp³-hybridized carbons (Fsp3) is 0.333. The Balaban J connectivity index is 1.25. The number of ether oxygens (including phenoxy) is 1. The number of hydrogen-bond acceptors (Lipinski definition) is 5. The van der Waals surface area contributed by atoms with Crippen molar-refractivity contribution in [1.29, 1.82) is 0 Å².